The van der Waals surface area contributed by atoms with Gasteiger partial charge in [-0.3, -0.25) is 0 Å². The molecule has 0 spiro atoms. The Morgan fingerprint density at radius 3 is 2.42 bits per heavy atom. The quantitative estimate of drug-likeness (QED) is 0.804. The minimum absolute atomic E-state index is 0.287. The van der Waals surface area contributed by atoms with Crippen LogP contribution in [0.3, 0.4) is 0 Å². The fourth-order valence-corrected chi connectivity index (χ4v) is 1.73. The van der Waals surface area contributed by atoms with Crippen LogP contribution >= 0.6 is 0 Å². The van der Waals surface area contributed by atoms with Crippen molar-refractivity contribution >= 4 is 0 Å². The van der Waals surface area contributed by atoms with Crippen molar-refractivity contribution in [3.05, 3.63) is 35.1 Å². The van der Waals surface area contributed by atoms with Crippen LogP contribution < -0.4 is 5.32 Å². The maximum Gasteiger partial charge on any atom is 0.419 e. The molecule has 1 N–H and O–H groups in total. The van der Waals surface area contributed by atoms with Gasteiger partial charge < -0.3 is 10.1 Å². The fraction of sp³-hybridized carbons (Fsp3) is 0.538. The minimum atomic E-state index is -4.67. The van der Waals surface area contributed by atoms with Crippen molar-refractivity contribution in [2.24, 2.45) is 0 Å². The van der Waals surface area contributed by atoms with Gasteiger partial charge in [0.05, 0.1) is 18.2 Å². The smallest absolute Gasteiger partial charge is 0.380 e. The lowest BCUT2D eigenvalue weighted by atomic mass is 10.0. The summed E-state index contributed by atoms with van der Waals surface area (Å²) in [6.45, 7) is 5.07. The first-order valence-electron chi connectivity index (χ1n) is 6.07. The van der Waals surface area contributed by atoms with E-state index in [4.69, 9.17) is 4.74 Å². The summed E-state index contributed by atoms with van der Waals surface area (Å²) in [5.74, 6) is -1.26. The summed E-state index contributed by atoms with van der Waals surface area (Å²) < 4.78 is 56.1. The van der Waals surface area contributed by atoms with Gasteiger partial charge in [0.15, 0.2) is 0 Å². The van der Waals surface area contributed by atoms with Crippen molar-refractivity contribution < 1.29 is 22.3 Å². The van der Waals surface area contributed by atoms with Crippen LogP contribution in [0.5, 0.6) is 0 Å². The van der Waals surface area contributed by atoms with Crippen molar-refractivity contribution in [2.45, 2.75) is 26.1 Å². The van der Waals surface area contributed by atoms with E-state index >= 15 is 0 Å². The van der Waals surface area contributed by atoms with E-state index in [2.05, 4.69) is 5.32 Å². The van der Waals surface area contributed by atoms with Gasteiger partial charge in [-0.25, -0.2) is 4.39 Å². The molecule has 1 aromatic rings. The molecule has 0 amide bonds. The van der Waals surface area contributed by atoms with E-state index in [1.807, 2.05) is 13.8 Å². The van der Waals surface area contributed by atoms with Gasteiger partial charge in [-0.15, -0.1) is 0 Å². The van der Waals surface area contributed by atoms with E-state index in [9.17, 15) is 17.6 Å². The van der Waals surface area contributed by atoms with E-state index < -0.39 is 17.6 Å². The summed E-state index contributed by atoms with van der Waals surface area (Å²) in [6.07, 6.45) is -4.67. The largest absolute Gasteiger partial charge is 0.419 e. The van der Waals surface area contributed by atoms with E-state index in [1.165, 1.54) is 6.07 Å². The van der Waals surface area contributed by atoms with Crippen LogP contribution in [0.1, 0.15) is 31.0 Å². The fourth-order valence-electron chi connectivity index (χ4n) is 1.73. The second-order valence-corrected chi connectivity index (χ2v) is 4.01. The average Bonchev–Trinajstić information content (AvgIpc) is 2.32. The van der Waals surface area contributed by atoms with Crippen molar-refractivity contribution in [2.75, 3.05) is 19.8 Å². The Morgan fingerprint density at radius 1 is 1.26 bits per heavy atom. The maximum atomic E-state index is 13.5. The molecule has 1 unspecified atom stereocenters. The summed E-state index contributed by atoms with van der Waals surface area (Å²) in [5.41, 5.74) is -0.802. The predicted octanol–water partition coefficient (Wildman–Crippen LogP) is 3.53. The zero-order valence-electron chi connectivity index (χ0n) is 10.9. The Morgan fingerprint density at radius 2 is 1.95 bits per heavy atom. The summed E-state index contributed by atoms with van der Waals surface area (Å²) in [7, 11) is 0. The Hall–Kier alpha value is -1.14. The molecule has 0 radical (unpaired) electrons. The van der Waals surface area contributed by atoms with Crippen LogP contribution in [0.4, 0.5) is 17.6 Å². The molecule has 0 bridgehead atoms. The molecule has 0 aliphatic heterocycles. The van der Waals surface area contributed by atoms with Gasteiger partial charge in [0.2, 0.25) is 0 Å². The molecular weight excluding hydrogens is 262 g/mol. The van der Waals surface area contributed by atoms with Gasteiger partial charge in [-0.05, 0) is 31.2 Å². The van der Waals surface area contributed by atoms with Crippen LogP contribution in [0, 0.1) is 5.82 Å². The normalized spacial score (nSPS) is 13.6. The molecule has 2 nitrogen and oxygen atoms in total. The molecule has 0 fully saturated rings. The van der Waals surface area contributed by atoms with Gasteiger partial charge in [0.25, 0.3) is 0 Å². The van der Waals surface area contributed by atoms with Gasteiger partial charge in [0, 0.05) is 6.61 Å². The minimum Gasteiger partial charge on any atom is -0.380 e. The summed E-state index contributed by atoms with van der Waals surface area (Å²) in [5, 5.41) is 3.05. The molecule has 1 aromatic carbocycles. The van der Waals surface area contributed by atoms with Gasteiger partial charge in [-0.2, -0.15) is 13.2 Å². The monoisotopic (exact) mass is 279 g/mol. The third-order valence-electron chi connectivity index (χ3n) is 2.64. The van der Waals surface area contributed by atoms with Crippen LogP contribution in [0.2, 0.25) is 0 Å². The Bertz CT molecular complexity index is 406. The number of ether oxygens (including phenoxy) is 1. The number of alkyl halides is 3. The molecule has 1 atom stereocenters. The number of benzene rings is 1. The molecule has 0 saturated heterocycles. The van der Waals surface area contributed by atoms with Crippen molar-refractivity contribution in [3.8, 4) is 0 Å². The molecule has 0 heterocycles. The first-order valence-corrected chi connectivity index (χ1v) is 6.07. The number of hydrogen-bond acceptors (Lipinski definition) is 2. The predicted molar refractivity (Wildman–Crippen MR) is 64.3 cm³/mol. The van der Waals surface area contributed by atoms with E-state index in [-0.39, 0.29) is 12.6 Å². The summed E-state index contributed by atoms with van der Waals surface area (Å²) >= 11 is 0. The number of nitrogens with one attached hydrogen (secondary N) is 1. The van der Waals surface area contributed by atoms with Crippen molar-refractivity contribution in [3.63, 3.8) is 0 Å². The van der Waals surface area contributed by atoms with Crippen molar-refractivity contribution in [1.29, 1.82) is 0 Å². The lowest BCUT2D eigenvalue weighted by molar-refractivity contribution is -0.140. The first-order chi connectivity index (χ1) is 8.90. The number of rotatable bonds is 6. The third kappa shape index (κ3) is 4.47. The molecule has 0 saturated carbocycles. The third-order valence-corrected chi connectivity index (χ3v) is 2.64. The van der Waals surface area contributed by atoms with Crippen LogP contribution in [-0.2, 0) is 10.9 Å². The lowest BCUT2D eigenvalue weighted by Crippen LogP contribution is -2.25. The van der Waals surface area contributed by atoms with Gasteiger partial charge >= 0.3 is 6.18 Å². The second-order valence-electron chi connectivity index (χ2n) is 4.01. The van der Waals surface area contributed by atoms with Gasteiger partial charge in [0.1, 0.15) is 5.82 Å². The molecule has 108 valence electrons. The summed E-state index contributed by atoms with van der Waals surface area (Å²) in [6, 6.07) is 2.63. The highest BCUT2D eigenvalue weighted by atomic mass is 19.4. The standard InChI is InChI=1S/C13H17F4NO/c1-3-18-12(8-19-4-2)9-5-6-10(11(14)7-9)13(15,16)17/h5-7,12,18H,3-4,8H2,1-2H3. The number of hydrogen-bond donors (Lipinski definition) is 1. The molecule has 0 aliphatic carbocycles. The highest BCUT2D eigenvalue weighted by molar-refractivity contribution is 5.28. The van der Waals surface area contributed by atoms with Crippen LogP contribution in [0.15, 0.2) is 18.2 Å². The second kappa shape index (κ2) is 6.86. The lowest BCUT2D eigenvalue weighted by Gasteiger charge is -2.19. The highest BCUT2D eigenvalue weighted by Crippen LogP contribution is 2.32. The molecule has 6 heteroatoms. The van der Waals surface area contributed by atoms with Gasteiger partial charge in [-0.1, -0.05) is 13.0 Å². The molecule has 19 heavy (non-hydrogen) atoms. The molecule has 0 aliphatic rings. The molecule has 1 rings (SSSR count). The zero-order valence-corrected chi connectivity index (χ0v) is 10.9. The number of likely N-dealkylation sites (N-methyl/N-ethyl adjacent to an activating group) is 1. The van der Waals surface area contributed by atoms with Crippen molar-refractivity contribution in [1.82, 2.24) is 5.32 Å². The first kappa shape index (κ1) is 15.9. The zero-order chi connectivity index (χ0) is 14.5. The van der Waals surface area contributed by atoms with Crippen LogP contribution in [0.25, 0.3) is 0 Å². The Labute approximate surface area is 109 Å². The van der Waals surface area contributed by atoms with E-state index in [0.717, 1.165) is 12.1 Å². The molecule has 0 aromatic heterocycles. The Balaban J connectivity index is 2.96. The molecular formula is C13H17F4NO. The average molecular weight is 279 g/mol. The van der Waals surface area contributed by atoms with E-state index in [1.54, 1.807) is 0 Å². The van der Waals surface area contributed by atoms with E-state index in [0.29, 0.717) is 18.7 Å². The maximum absolute atomic E-state index is 13.5. The van der Waals surface area contributed by atoms with Crippen LogP contribution in [-0.4, -0.2) is 19.8 Å². The SMILES string of the molecule is CCNC(COCC)c1ccc(C(F)(F)F)c(F)c1. The highest BCUT2D eigenvalue weighted by Gasteiger charge is 2.34. The Kier molecular flexibility index (Phi) is 5.75. The summed E-state index contributed by atoms with van der Waals surface area (Å²) in [4.78, 5) is 0. The topological polar surface area (TPSA) is 21.3 Å². The number of halogens is 4.